The monoisotopic (exact) mass is 960 g/mol. The Balaban J connectivity index is 0.000000153. The van der Waals surface area contributed by atoms with Crippen LogP contribution in [0.4, 0.5) is 0 Å². The molecule has 6 heteroatoms. The van der Waals surface area contributed by atoms with Gasteiger partial charge in [-0.3, -0.25) is 11.8 Å². The molecule has 46 heavy (non-hydrogen) atoms. The SMILES string of the molecule is Cn1[c-]nc(CCc2cn(C)[c-]n2)c1.[Au].[Au].[C-]#Cc1ccc2c(c1)-c1ccccc1C2.[C-]#Cc1ccc2c(c1)Cc1ccccc1-2. The van der Waals surface area contributed by atoms with E-state index in [4.69, 9.17) is 12.8 Å². The molecule has 8 rings (SSSR count). The molecule has 2 aliphatic rings. The smallest absolute Gasteiger partial charge is 0.000465 e. The molecule has 6 aromatic rings. The summed E-state index contributed by atoms with van der Waals surface area (Å²) in [5.41, 5.74) is 14.5. The molecule has 4 aromatic carbocycles. The molecule has 0 saturated carbocycles. The van der Waals surface area contributed by atoms with Crippen LogP contribution in [-0.4, -0.2) is 19.1 Å². The number of rotatable bonds is 3. The van der Waals surface area contributed by atoms with E-state index in [1.165, 1.54) is 44.5 Å². The van der Waals surface area contributed by atoms with Gasteiger partial charge in [-0.15, -0.1) is 47.8 Å². The summed E-state index contributed by atoms with van der Waals surface area (Å²) in [4.78, 5) is 8.26. The Morgan fingerprint density at radius 3 is 1.59 bits per heavy atom. The predicted molar refractivity (Wildman–Crippen MR) is 173 cm³/mol. The van der Waals surface area contributed by atoms with Crippen LogP contribution < -0.4 is 0 Å². The van der Waals surface area contributed by atoms with E-state index in [1.54, 1.807) is 0 Å². The van der Waals surface area contributed by atoms with Crippen molar-refractivity contribution in [1.82, 2.24) is 19.1 Å². The Morgan fingerprint density at radius 1 is 0.587 bits per heavy atom. The number of hydrogen-bond donors (Lipinski definition) is 0. The van der Waals surface area contributed by atoms with Crippen LogP contribution in [0, 0.1) is 37.3 Å². The van der Waals surface area contributed by atoms with Crippen molar-refractivity contribution in [2.45, 2.75) is 25.7 Å². The maximum Gasteiger partial charge on any atom is 0.000465 e. The fraction of sp³-hybridized carbons (Fsp3) is 0.150. The fourth-order valence-corrected chi connectivity index (χ4v) is 5.77. The average Bonchev–Trinajstić information content (AvgIpc) is 3.84. The number of benzene rings is 4. The zero-order valence-electron chi connectivity index (χ0n) is 25.5. The van der Waals surface area contributed by atoms with Crippen LogP contribution in [0.3, 0.4) is 0 Å². The van der Waals surface area contributed by atoms with Gasteiger partial charge in [-0.25, -0.2) is 0 Å². The zero-order valence-corrected chi connectivity index (χ0v) is 29.8. The molecule has 0 atom stereocenters. The minimum Gasteiger partial charge on any atom is -0.456 e. The summed E-state index contributed by atoms with van der Waals surface area (Å²) in [5, 5.41) is 0. The first-order valence-electron chi connectivity index (χ1n) is 14.6. The number of imidazole rings is 2. The molecule has 0 bridgehead atoms. The van der Waals surface area contributed by atoms with Crippen LogP contribution in [0.15, 0.2) is 97.3 Å². The fourth-order valence-electron chi connectivity index (χ4n) is 5.77. The third kappa shape index (κ3) is 8.00. The third-order valence-electron chi connectivity index (χ3n) is 7.91. The first-order chi connectivity index (χ1) is 21.5. The minimum absolute atomic E-state index is 0. The summed E-state index contributed by atoms with van der Waals surface area (Å²) < 4.78 is 3.67. The summed E-state index contributed by atoms with van der Waals surface area (Å²) in [6, 6.07) is 29.2. The molecule has 0 fully saturated rings. The van der Waals surface area contributed by atoms with E-state index in [-0.39, 0.29) is 44.8 Å². The van der Waals surface area contributed by atoms with Crippen LogP contribution in [0.25, 0.3) is 22.3 Å². The quantitative estimate of drug-likeness (QED) is 0.110. The largest absolute Gasteiger partial charge is 0.456 e. The van der Waals surface area contributed by atoms with E-state index < -0.39 is 0 Å². The third-order valence-corrected chi connectivity index (χ3v) is 7.91. The first kappa shape index (κ1) is 34.8. The van der Waals surface area contributed by atoms with Crippen molar-refractivity contribution in [3.05, 3.63) is 168 Å². The van der Waals surface area contributed by atoms with E-state index in [9.17, 15) is 0 Å². The Kier molecular flexibility index (Phi) is 12.1. The topological polar surface area (TPSA) is 35.6 Å². The molecule has 0 saturated heterocycles. The Labute approximate surface area is 303 Å². The van der Waals surface area contributed by atoms with Gasteiger partial charge in [-0.1, -0.05) is 90.5 Å². The Hall–Kier alpha value is -4.10. The molecule has 0 unspecified atom stereocenters. The molecular formula is C40H30Au2N4-4. The van der Waals surface area contributed by atoms with Gasteiger partial charge in [-0.05, 0) is 65.9 Å². The molecule has 2 heterocycles. The van der Waals surface area contributed by atoms with Gasteiger partial charge >= 0.3 is 0 Å². The molecule has 0 aliphatic heterocycles. The summed E-state index contributed by atoms with van der Waals surface area (Å²) in [6.07, 6.45) is 27.7. The summed E-state index contributed by atoms with van der Waals surface area (Å²) in [7, 11) is 3.84. The van der Waals surface area contributed by atoms with Crippen molar-refractivity contribution in [3.8, 4) is 34.1 Å². The number of hydrogen-bond acceptors (Lipinski definition) is 2. The van der Waals surface area contributed by atoms with E-state index >= 15 is 0 Å². The van der Waals surface area contributed by atoms with Crippen LogP contribution >= 0.6 is 0 Å². The number of fused-ring (bicyclic) bond motifs is 6. The Morgan fingerprint density at radius 2 is 1.04 bits per heavy atom. The predicted octanol–water partition coefficient (Wildman–Crippen LogP) is 6.93. The molecule has 2 aliphatic carbocycles. The second kappa shape index (κ2) is 15.9. The van der Waals surface area contributed by atoms with E-state index in [1.807, 2.05) is 53.8 Å². The van der Waals surface area contributed by atoms with Gasteiger partial charge in [0.05, 0.1) is 0 Å². The molecular weight excluding hydrogens is 930 g/mol. The van der Waals surface area contributed by atoms with Crippen LogP contribution in [-0.2, 0) is 84.5 Å². The molecule has 2 radical (unpaired) electrons. The van der Waals surface area contributed by atoms with Crippen molar-refractivity contribution in [2.24, 2.45) is 14.1 Å². The molecule has 4 nitrogen and oxygen atoms in total. The number of aromatic nitrogens is 4. The minimum atomic E-state index is 0. The first-order valence-corrected chi connectivity index (χ1v) is 14.6. The zero-order chi connectivity index (χ0) is 30.5. The van der Waals surface area contributed by atoms with Gasteiger partial charge in [0.1, 0.15) is 0 Å². The number of aryl methyl sites for hydroxylation is 4. The summed E-state index contributed by atoms with van der Waals surface area (Å²) in [5.74, 6) is 4.87. The van der Waals surface area contributed by atoms with Crippen molar-refractivity contribution in [2.75, 3.05) is 0 Å². The van der Waals surface area contributed by atoms with E-state index in [0.29, 0.717) is 0 Å². The molecule has 236 valence electrons. The standard InChI is InChI=1S/2C15H9.C10H12N4.2Au/c1-2-11-7-8-15-13(9-11)10-12-5-3-4-6-14(12)15;1-2-11-7-8-13-10-12-5-3-4-6-14(12)15(13)9-11;1-13-5-9(11-7-13)3-4-10-6-14(2)8-12-10;;/h2*3-9H,10H2;5-6H,3-4H2,1-2H3;;/q2*-1;-2;;. The van der Waals surface area contributed by atoms with Gasteiger partial charge in [0.2, 0.25) is 0 Å². The normalized spacial score (nSPS) is 10.9. The van der Waals surface area contributed by atoms with E-state index in [0.717, 1.165) is 48.2 Å². The molecule has 0 amide bonds. The maximum atomic E-state index is 7.14. The van der Waals surface area contributed by atoms with Gasteiger partial charge < -0.3 is 31.9 Å². The van der Waals surface area contributed by atoms with Crippen LogP contribution in [0.5, 0.6) is 0 Å². The maximum absolute atomic E-state index is 7.14. The van der Waals surface area contributed by atoms with Gasteiger partial charge in [-0.2, -0.15) is 0 Å². The summed E-state index contributed by atoms with van der Waals surface area (Å²) >= 11 is 0. The molecule has 0 N–H and O–H groups in total. The van der Waals surface area contributed by atoms with Crippen molar-refractivity contribution < 1.29 is 44.8 Å². The van der Waals surface area contributed by atoms with Gasteiger partial charge in [0, 0.05) is 57.4 Å². The van der Waals surface area contributed by atoms with Crippen molar-refractivity contribution in [3.63, 3.8) is 0 Å². The van der Waals surface area contributed by atoms with E-state index in [2.05, 4.69) is 101 Å². The number of nitrogens with zero attached hydrogens (tertiary/aromatic N) is 4. The Bertz CT molecular complexity index is 2000. The molecule has 2 aromatic heterocycles. The second-order valence-electron chi connectivity index (χ2n) is 11.0. The average molecular weight is 961 g/mol. The van der Waals surface area contributed by atoms with Crippen molar-refractivity contribution in [1.29, 1.82) is 0 Å². The molecule has 0 spiro atoms. The van der Waals surface area contributed by atoms with Crippen LogP contribution in [0.2, 0.25) is 0 Å². The van der Waals surface area contributed by atoms with Gasteiger partial charge in [0.15, 0.2) is 0 Å². The van der Waals surface area contributed by atoms with Gasteiger partial charge in [0.25, 0.3) is 0 Å². The summed E-state index contributed by atoms with van der Waals surface area (Å²) in [6.45, 7) is 0. The van der Waals surface area contributed by atoms with Crippen LogP contribution in [0.1, 0.15) is 44.8 Å². The van der Waals surface area contributed by atoms with Crippen molar-refractivity contribution >= 4 is 0 Å². The second-order valence-corrected chi connectivity index (χ2v) is 11.0.